The number of hydrogen-bond donors (Lipinski definition) is 1. The summed E-state index contributed by atoms with van der Waals surface area (Å²) >= 11 is 9.26. The van der Waals surface area contributed by atoms with Crippen molar-refractivity contribution in [2.75, 3.05) is 6.54 Å². The molecule has 2 nitrogen and oxygen atoms in total. The number of ether oxygens (including phenoxy) is 1. The Morgan fingerprint density at radius 1 is 1.24 bits per heavy atom. The Morgan fingerprint density at radius 3 is 2.81 bits per heavy atom. The van der Waals surface area contributed by atoms with Gasteiger partial charge in [-0.2, -0.15) is 0 Å². The molecule has 0 heterocycles. The van der Waals surface area contributed by atoms with Crippen LogP contribution in [0.1, 0.15) is 18.1 Å². The zero-order valence-corrected chi connectivity index (χ0v) is 14.0. The van der Waals surface area contributed by atoms with Crippen LogP contribution in [0.15, 0.2) is 40.9 Å². The van der Waals surface area contributed by atoms with Crippen molar-refractivity contribution in [3.05, 3.63) is 62.8 Å². The molecule has 0 atom stereocenters. The van der Waals surface area contributed by atoms with Crippen LogP contribution in [-0.2, 0) is 13.2 Å². The largest absolute Gasteiger partial charge is 0.489 e. The summed E-state index contributed by atoms with van der Waals surface area (Å²) in [4.78, 5) is 0. The third-order valence-electron chi connectivity index (χ3n) is 3.00. The average molecular weight is 373 g/mol. The first-order chi connectivity index (χ1) is 10.1. The van der Waals surface area contributed by atoms with Gasteiger partial charge in [-0.25, -0.2) is 4.39 Å². The van der Waals surface area contributed by atoms with E-state index in [2.05, 4.69) is 21.2 Å². The third kappa shape index (κ3) is 4.43. The van der Waals surface area contributed by atoms with Crippen molar-refractivity contribution in [2.24, 2.45) is 0 Å². The topological polar surface area (TPSA) is 21.3 Å². The van der Waals surface area contributed by atoms with E-state index in [0.717, 1.165) is 23.4 Å². The smallest absolute Gasteiger partial charge is 0.137 e. The fourth-order valence-electron chi connectivity index (χ4n) is 1.90. The second kappa shape index (κ2) is 7.78. The summed E-state index contributed by atoms with van der Waals surface area (Å²) in [5.41, 5.74) is 1.75. The zero-order valence-electron chi connectivity index (χ0n) is 11.6. The summed E-state index contributed by atoms with van der Waals surface area (Å²) in [7, 11) is 0. The highest BCUT2D eigenvalue weighted by atomic mass is 79.9. The summed E-state index contributed by atoms with van der Waals surface area (Å²) in [6, 6.07) is 10.4. The molecule has 0 saturated carbocycles. The van der Waals surface area contributed by atoms with Gasteiger partial charge in [-0.05, 0) is 46.7 Å². The molecule has 0 radical (unpaired) electrons. The monoisotopic (exact) mass is 371 g/mol. The fraction of sp³-hybridized carbons (Fsp3) is 0.250. The van der Waals surface area contributed by atoms with Crippen LogP contribution in [0.3, 0.4) is 0 Å². The fourth-order valence-corrected chi connectivity index (χ4v) is 2.48. The molecule has 0 unspecified atom stereocenters. The summed E-state index contributed by atoms with van der Waals surface area (Å²) in [5, 5.41) is 3.91. The van der Waals surface area contributed by atoms with Crippen LogP contribution in [0, 0.1) is 5.82 Å². The van der Waals surface area contributed by atoms with E-state index in [1.54, 1.807) is 12.1 Å². The second-order valence-corrected chi connectivity index (χ2v) is 5.76. The van der Waals surface area contributed by atoms with Crippen LogP contribution < -0.4 is 10.1 Å². The van der Waals surface area contributed by atoms with Crippen molar-refractivity contribution in [3.8, 4) is 5.75 Å². The lowest BCUT2D eigenvalue weighted by molar-refractivity contribution is 0.300. The Kier molecular flexibility index (Phi) is 6.03. The minimum atomic E-state index is -0.292. The first kappa shape index (κ1) is 16.3. The van der Waals surface area contributed by atoms with Crippen LogP contribution in [0.4, 0.5) is 4.39 Å². The van der Waals surface area contributed by atoms with Gasteiger partial charge in [0.25, 0.3) is 0 Å². The van der Waals surface area contributed by atoms with Crippen molar-refractivity contribution in [1.82, 2.24) is 5.32 Å². The Morgan fingerprint density at radius 2 is 2.05 bits per heavy atom. The molecule has 112 valence electrons. The molecule has 0 bridgehead atoms. The van der Waals surface area contributed by atoms with Gasteiger partial charge in [0.15, 0.2) is 0 Å². The summed E-state index contributed by atoms with van der Waals surface area (Å²) < 4.78 is 19.7. The maximum atomic E-state index is 13.5. The van der Waals surface area contributed by atoms with Gasteiger partial charge in [-0.15, -0.1) is 0 Å². The van der Waals surface area contributed by atoms with Crippen molar-refractivity contribution in [2.45, 2.75) is 20.1 Å². The van der Waals surface area contributed by atoms with Crippen molar-refractivity contribution >= 4 is 27.5 Å². The molecule has 0 aromatic heterocycles. The van der Waals surface area contributed by atoms with E-state index in [4.69, 9.17) is 16.3 Å². The minimum absolute atomic E-state index is 0.291. The van der Waals surface area contributed by atoms with Gasteiger partial charge in [-0.1, -0.05) is 30.7 Å². The first-order valence-electron chi connectivity index (χ1n) is 6.66. The highest BCUT2D eigenvalue weighted by molar-refractivity contribution is 9.10. The van der Waals surface area contributed by atoms with Crippen LogP contribution in [0.5, 0.6) is 5.75 Å². The second-order valence-electron chi connectivity index (χ2n) is 4.53. The minimum Gasteiger partial charge on any atom is -0.489 e. The highest BCUT2D eigenvalue weighted by Crippen LogP contribution is 2.26. The maximum absolute atomic E-state index is 13.5. The van der Waals surface area contributed by atoms with E-state index in [1.165, 1.54) is 6.07 Å². The van der Waals surface area contributed by atoms with E-state index < -0.39 is 0 Å². The Labute approximate surface area is 137 Å². The van der Waals surface area contributed by atoms with E-state index in [9.17, 15) is 4.39 Å². The van der Waals surface area contributed by atoms with E-state index >= 15 is 0 Å². The molecule has 2 rings (SSSR count). The Hall–Kier alpha value is -1.10. The lowest BCUT2D eigenvalue weighted by atomic mass is 10.2. The van der Waals surface area contributed by atoms with Crippen LogP contribution in [0.2, 0.25) is 5.02 Å². The molecule has 0 saturated heterocycles. The predicted molar refractivity (Wildman–Crippen MR) is 87.3 cm³/mol. The molecule has 0 amide bonds. The van der Waals surface area contributed by atoms with Gasteiger partial charge in [0, 0.05) is 22.7 Å². The summed E-state index contributed by atoms with van der Waals surface area (Å²) in [6.07, 6.45) is 0. The maximum Gasteiger partial charge on any atom is 0.137 e. The highest BCUT2D eigenvalue weighted by Gasteiger charge is 2.08. The normalized spacial score (nSPS) is 10.7. The molecule has 0 aliphatic rings. The molecule has 0 spiro atoms. The molecule has 2 aromatic carbocycles. The van der Waals surface area contributed by atoms with E-state index in [-0.39, 0.29) is 5.82 Å². The van der Waals surface area contributed by atoms with Crippen LogP contribution in [-0.4, -0.2) is 6.54 Å². The first-order valence-corrected chi connectivity index (χ1v) is 7.83. The third-order valence-corrected chi connectivity index (χ3v) is 4.13. The molecule has 21 heavy (non-hydrogen) atoms. The molecule has 0 aliphatic carbocycles. The predicted octanol–water partition coefficient (Wildman–Crippen LogP) is 4.93. The van der Waals surface area contributed by atoms with Gasteiger partial charge in [0.2, 0.25) is 0 Å². The Balaban J connectivity index is 2.14. The molecular formula is C16H16BrClFNO. The van der Waals surface area contributed by atoms with Gasteiger partial charge in [0.05, 0.1) is 4.47 Å². The Bertz CT molecular complexity index is 621. The molecular weight excluding hydrogens is 357 g/mol. The number of halogens is 3. The molecule has 0 fully saturated rings. The standard InChI is InChI=1S/C16H16BrClFNO/c1-2-20-9-12-8-13(18)6-7-15(12)21-10-11-4-3-5-14(19)16(11)17/h3-8,20H,2,9-10H2,1H3. The van der Waals surface area contributed by atoms with Gasteiger partial charge >= 0.3 is 0 Å². The van der Waals surface area contributed by atoms with Crippen LogP contribution >= 0.6 is 27.5 Å². The van der Waals surface area contributed by atoms with Gasteiger partial charge in [0.1, 0.15) is 18.2 Å². The lowest BCUT2D eigenvalue weighted by Crippen LogP contribution is -2.13. The molecule has 1 N–H and O–H groups in total. The average Bonchev–Trinajstić information content (AvgIpc) is 2.48. The van der Waals surface area contributed by atoms with Crippen molar-refractivity contribution < 1.29 is 9.13 Å². The quantitative estimate of drug-likeness (QED) is 0.776. The number of benzene rings is 2. The molecule has 0 aliphatic heterocycles. The zero-order chi connectivity index (χ0) is 15.2. The summed E-state index contributed by atoms with van der Waals surface area (Å²) in [5.74, 6) is 0.455. The van der Waals surface area contributed by atoms with E-state index in [0.29, 0.717) is 22.6 Å². The van der Waals surface area contributed by atoms with Gasteiger partial charge in [-0.3, -0.25) is 0 Å². The number of hydrogen-bond acceptors (Lipinski definition) is 2. The van der Waals surface area contributed by atoms with Crippen molar-refractivity contribution in [1.29, 1.82) is 0 Å². The molecule has 2 aromatic rings. The van der Waals surface area contributed by atoms with Gasteiger partial charge < -0.3 is 10.1 Å². The SMILES string of the molecule is CCNCc1cc(Cl)ccc1OCc1cccc(F)c1Br. The molecule has 5 heteroatoms. The number of nitrogens with one attached hydrogen (secondary N) is 1. The van der Waals surface area contributed by atoms with Crippen LogP contribution in [0.25, 0.3) is 0 Å². The summed E-state index contributed by atoms with van der Waals surface area (Å²) in [6.45, 7) is 3.87. The lowest BCUT2D eigenvalue weighted by Gasteiger charge is -2.13. The number of rotatable bonds is 6. The van der Waals surface area contributed by atoms with E-state index in [1.807, 2.05) is 25.1 Å². The van der Waals surface area contributed by atoms with Crippen molar-refractivity contribution in [3.63, 3.8) is 0 Å².